The van der Waals surface area contributed by atoms with Gasteiger partial charge < -0.3 is 0 Å². The van der Waals surface area contributed by atoms with Gasteiger partial charge in [0.25, 0.3) is 0 Å². The number of fused-ring (bicyclic) bond motifs is 24. The Bertz CT molecular complexity index is 2540. The molecule has 0 aliphatic carbocycles. The zero-order chi connectivity index (χ0) is 45.3. The molecular formula is C56H60N4Si4. The van der Waals surface area contributed by atoms with Gasteiger partial charge in [-0.05, 0) is 72.8 Å². The number of hydrogen-bond donors (Lipinski definition) is 0. The third-order valence-corrected chi connectivity index (χ3v) is 20.6. The molecule has 0 spiro atoms. The van der Waals surface area contributed by atoms with Crippen molar-refractivity contribution >= 4 is 53.0 Å². The molecule has 8 aromatic rings. The third-order valence-electron chi connectivity index (χ3n) is 12.6. The van der Waals surface area contributed by atoms with E-state index >= 15 is 0 Å². The first-order valence-electron chi connectivity index (χ1n) is 22.7. The van der Waals surface area contributed by atoms with Crippen LogP contribution in [0.15, 0.2) is 146 Å². The zero-order valence-corrected chi connectivity index (χ0v) is 43.6. The molecule has 0 unspecified atom stereocenters. The highest BCUT2D eigenvalue weighted by atomic mass is 28.3. The van der Waals surface area contributed by atoms with Crippen molar-refractivity contribution in [1.29, 1.82) is 0 Å². The van der Waals surface area contributed by atoms with Gasteiger partial charge in [-0.15, -0.1) is 0 Å². The normalized spacial score (nSPS) is 12.7. The van der Waals surface area contributed by atoms with E-state index in [4.69, 9.17) is 19.9 Å². The molecule has 1 aliphatic heterocycles. The molecule has 0 saturated heterocycles. The van der Waals surface area contributed by atoms with Crippen molar-refractivity contribution in [2.24, 2.45) is 0 Å². The Balaban J connectivity index is 1.34. The summed E-state index contributed by atoms with van der Waals surface area (Å²) in [6.07, 6.45) is 0. The van der Waals surface area contributed by atoms with E-state index in [0.717, 1.165) is 90.1 Å². The van der Waals surface area contributed by atoms with Crippen LogP contribution in [0.1, 0.15) is 0 Å². The first kappa shape index (κ1) is 43.6. The predicted octanol–water partition coefficient (Wildman–Crippen LogP) is 13.1. The van der Waals surface area contributed by atoms with Crippen LogP contribution in [0, 0.1) is 0 Å². The number of nitrogens with zero attached hydrogens (tertiary/aromatic N) is 4. The third kappa shape index (κ3) is 9.02. The molecule has 64 heavy (non-hydrogen) atoms. The molecule has 4 aromatic heterocycles. The van der Waals surface area contributed by atoms with Crippen LogP contribution < -0.4 is 20.7 Å². The standard InChI is InChI=1S/C56H60N4Si4/c1-61(2,3)45-29-37-25-38(30-45)50-18-14-20-52(58-50)40-27-42(34-47(32-40)63(7,8)9)54-22-16-24-56(60-54)44-28-43(35-48(36-44)64(10,11)12)55-23-15-21-53(59-55)41-26-39(31-46(33-41)62(4,5)6)51-19-13-17-49(37)57-51/h13-36H,1-12H3. The van der Waals surface area contributed by atoms with Crippen molar-refractivity contribution in [1.82, 2.24) is 19.9 Å². The van der Waals surface area contributed by atoms with Crippen molar-refractivity contribution in [2.75, 3.05) is 0 Å². The van der Waals surface area contributed by atoms with Crippen molar-refractivity contribution in [3.05, 3.63) is 146 Å². The molecule has 4 aromatic carbocycles. The lowest BCUT2D eigenvalue weighted by atomic mass is 10.0. The summed E-state index contributed by atoms with van der Waals surface area (Å²) in [5.74, 6) is 0. The maximum atomic E-state index is 5.46. The first-order valence-corrected chi connectivity index (χ1v) is 36.7. The SMILES string of the molecule is C[Si](C)(C)c1cc2cc(c1)-c1cccc(n1)-c1cc(cc([Si](C)(C)C)c1)-c1cccc(n1)-c1cc(cc([Si](C)(C)C)c1)-c1cccc(n1)-c1cc(cc([Si](C)(C)C)c1)-c1cccc-2n1. The second-order valence-corrected chi connectivity index (χ2v) is 42.1. The highest BCUT2D eigenvalue weighted by Crippen LogP contribution is 2.34. The van der Waals surface area contributed by atoms with Crippen LogP contribution >= 0.6 is 0 Å². The van der Waals surface area contributed by atoms with Gasteiger partial charge in [0.2, 0.25) is 0 Å². The quantitative estimate of drug-likeness (QED) is 0.165. The maximum Gasteiger partial charge on any atom is 0.0776 e. The summed E-state index contributed by atoms with van der Waals surface area (Å²) >= 11 is 0. The van der Waals surface area contributed by atoms with Crippen LogP contribution in [0.2, 0.25) is 78.6 Å². The smallest absolute Gasteiger partial charge is 0.0776 e. The van der Waals surface area contributed by atoms with Gasteiger partial charge in [-0.1, -0.05) is 172 Å². The van der Waals surface area contributed by atoms with Crippen molar-refractivity contribution in [3.8, 4) is 90.1 Å². The molecule has 0 fully saturated rings. The highest BCUT2D eigenvalue weighted by molar-refractivity contribution is 6.90. The predicted molar refractivity (Wildman–Crippen MR) is 287 cm³/mol. The molecule has 8 heteroatoms. The Morgan fingerprint density at radius 1 is 0.219 bits per heavy atom. The lowest BCUT2D eigenvalue weighted by Crippen LogP contribution is -2.37. The van der Waals surface area contributed by atoms with Gasteiger partial charge in [0, 0.05) is 44.5 Å². The van der Waals surface area contributed by atoms with E-state index < -0.39 is 32.3 Å². The Labute approximate surface area is 385 Å². The minimum atomic E-state index is -1.76. The molecular weight excluding hydrogens is 841 g/mol. The summed E-state index contributed by atoms with van der Waals surface area (Å²) in [5.41, 5.74) is 16.6. The second kappa shape index (κ2) is 16.1. The fraction of sp³-hybridized carbons (Fsp3) is 0.214. The number of aromatic nitrogens is 4. The maximum absolute atomic E-state index is 5.46. The summed E-state index contributed by atoms with van der Waals surface area (Å²) in [6, 6.07) is 54.1. The molecule has 9 rings (SSSR count). The second-order valence-electron chi connectivity index (χ2n) is 21.8. The van der Waals surface area contributed by atoms with Crippen LogP contribution in [0.25, 0.3) is 90.1 Å². The fourth-order valence-corrected chi connectivity index (χ4v) is 13.2. The van der Waals surface area contributed by atoms with Crippen LogP contribution in [0.4, 0.5) is 0 Å². The van der Waals surface area contributed by atoms with Gasteiger partial charge in [-0.2, -0.15) is 0 Å². The molecule has 4 nitrogen and oxygen atoms in total. The Kier molecular flexibility index (Phi) is 11.0. The Morgan fingerprint density at radius 2 is 0.359 bits per heavy atom. The van der Waals surface area contributed by atoms with Gasteiger partial charge in [0.05, 0.1) is 77.8 Å². The largest absolute Gasteiger partial charge is 0.248 e. The number of rotatable bonds is 4. The molecule has 0 amide bonds. The fourth-order valence-electron chi connectivity index (χ4n) is 8.45. The lowest BCUT2D eigenvalue weighted by Gasteiger charge is -2.21. The van der Waals surface area contributed by atoms with Crippen molar-refractivity contribution in [2.45, 2.75) is 78.6 Å². The van der Waals surface area contributed by atoms with Crippen LogP contribution in [0.3, 0.4) is 0 Å². The van der Waals surface area contributed by atoms with Crippen molar-refractivity contribution in [3.63, 3.8) is 0 Å². The van der Waals surface area contributed by atoms with E-state index in [1.54, 1.807) is 0 Å². The van der Waals surface area contributed by atoms with E-state index in [9.17, 15) is 0 Å². The summed E-state index contributed by atoms with van der Waals surface area (Å²) < 4.78 is 0. The summed E-state index contributed by atoms with van der Waals surface area (Å²) in [7, 11) is -7.05. The molecule has 0 radical (unpaired) electrons. The van der Waals surface area contributed by atoms with Crippen LogP contribution in [0.5, 0.6) is 0 Å². The summed E-state index contributed by atoms with van der Waals surface area (Å²) in [4.78, 5) is 21.9. The highest BCUT2D eigenvalue weighted by Gasteiger charge is 2.25. The molecule has 1 aliphatic rings. The van der Waals surface area contributed by atoms with E-state index in [0.29, 0.717) is 0 Å². The summed E-state index contributed by atoms with van der Waals surface area (Å²) in [5, 5.41) is 5.52. The van der Waals surface area contributed by atoms with Crippen LogP contribution in [-0.4, -0.2) is 52.2 Å². The topological polar surface area (TPSA) is 51.6 Å². The molecule has 0 saturated carbocycles. The van der Waals surface area contributed by atoms with Crippen LogP contribution in [-0.2, 0) is 0 Å². The monoisotopic (exact) mass is 900 g/mol. The number of benzene rings is 4. The zero-order valence-electron chi connectivity index (χ0n) is 39.6. The molecule has 0 N–H and O–H groups in total. The average Bonchev–Trinajstić information content (AvgIpc) is 3.27. The van der Waals surface area contributed by atoms with Crippen molar-refractivity contribution < 1.29 is 0 Å². The van der Waals surface area contributed by atoms with E-state index in [-0.39, 0.29) is 0 Å². The number of hydrogen-bond acceptors (Lipinski definition) is 4. The molecule has 5 heterocycles. The van der Waals surface area contributed by atoms with E-state index in [1.807, 2.05) is 0 Å². The lowest BCUT2D eigenvalue weighted by molar-refractivity contribution is 1.30. The Morgan fingerprint density at radius 3 is 0.484 bits per heavy atom. The molecule has 0 atom stereocenters. The average molecular weight is 901 g/mol. The Hall–Kier alpha value is -5.65. The minimum absolute atomic E-state index is 0.963. The summed E-state index contributed by atoms with van der Waals surface area (Å²) in [6.45, 7) is 29.0. The van der Waals surface area contributed by atoms with Gasteiger partial charge >= 0.3 is 0 Å². The first-order chi connectivity index (χ1) is 30.2. The number of pyridine rings is 4. The van der Waals surface area contributed by atoms with Gasteiger partial charge in [0.1, 0.15) is 0 Å². The molecule has 16 bridgehead atoms. The minimum Gasteiger partial charge on any atom is -0.248 e. The van der Waals surface area contributed by atoms with E-state index in [1.165, 1.54) is 20.7 Å². The van der Waals surface area contributed by atoms with E-state index in [2.05, 4.69) is 224 Å². The van der Waals surface area contributed by atoms with Gasteiger partial charge in [0.15, 0.2) is 0 Å². The molecule has 320 valence electrons. The van der Waals surface area contributed by atoms with Gasteiger partial charge in [-0.25, -0.2) is 19.9 Å². The van der Waals surface area contributed by atoms with Gasteiger partial charge in [-0.3, -0.25) is 0 Å².